The fourth-order valence-corrected chi connectivity index (χ4v) is 2.44. The third-order valence-corrected chi connectivity index (χ3v) is 3.71. The standard InChI is InChI=1S/C12H17BrN2/c1-10-4-2-3-7-15(10)12-6-5-11(8-13)9-14-12/h5-6,9-10H,2-4,7-8H2,1H3. The van der Waals surface area contributed by atoms with Crippen LogP contribution >= 0.6 is 15.9 Å². The predicted octanol–water partition coefficient (Wildman–Crippen LogP) is 3.36. The summed E-state index contributed by atoms with van der Waals surface area (Å²) >= 11 is 3.44. The van der Waals surface area contributed by atoms with E-state index in [-0.39, 0.29) is 0 Å². The summed E-state index contributed by atoms with van der Waals surface area (Å²) in [7, 11) is 0. The van der Waals surface area contributed by atoms with Gasteiger partial charge in [0, 0.05) is 24.1 Å². The first-order valence-corrected chi connectivity index (χ1v) is 6.71. The summed E-state index contributed by atoms with van der Waals surface area (Å²) in [4.78, 5) is 6.94. The molecule has 2 rings (SSSR count). The number of hydrogen-bond donors (Lipinski definition) is 0. The Hall–Kier alpha value is -0.570. The van der Waals surface area contributed by atoms with Crippen LogP contribution in [0.15, 0.2) is 18.3 Å². The first kappa shape index (κ1) is 10.9. The van der Waals surface area contributed by atoms with Gasteiger partial charge in [0.1, 0.15) is 5.82 Å². The van der Waals surface area contributed by atoms with Gasteiger partial charge < -0.3 is 4.90 Å². The van der Waals surface area contributed by atoms with Crippen molar-refractivity contribution >= 4 is 21.7 Å². The molecule has 0 bridgehead atoms. The summed E-state index contributed by atoms with van der Waals surface area (Å²) < 4.78 is 0. The van der Waals surface area contributed by atoms with Crippen molar-refractivity contribution in [2.75, 3.05) is 11.4 Å². The van der Waals surface area contributed by atoms with Gasteiger partial charge in [-0.25, -0.2) is 4.98 Å². The number of piperidine rings is 1. The van der Waals surface area contributed by atoms with Gasteiger partial charge >= 0.3 is 0 Å². The number of hydrogen-bond acceptors (Lipinski definition) is 2. The van der Waals surface area contributed by atoms with E-state index in [2.05, 4.69) is 44.9 Å². The molecular formula is C12H17BrN2. The summed E-state index contributed by atoms with van der Waals surface area (Å²) in [5, 5.41) is 0.885. The lowest BCUT2D eigenvalue weighted by molar-refractivity contribution is 0.481. The van der Waals surface area contributed by atoms with Crippen LogP contribution in [0.2, 0.25) is 0 Å². The van der Waals surface area contributed by atoms with Gasteiger partial charge in [0.25, 0.3) is 0 Å². The molecule has 0 radical (unpaired) electrons. The first-order valence-electron chi connectivity index (χ1n) is 5.59. The molecule has 1 atom stereocenters. The molecule has 1 saturated heterocycles. The predicted molar refractivity (Wildman–Crippen MR) is 67.5 cm³/mol. The Bertz CT molecular complexity index is 310. The Balaban J connectivity index is 2.13. The van der Waals surface area contributed by atoms with Gasteiger partial charge in [0.05, 0.1) is 0 Å². The van der Waals surface area contributed by atoms with Crippen molar-refractivity contribution in [1.82, 2.24) is 4.98 Å². The summed E-state index contributed by atoms with van der Waals surface area (Å²) in [6.45, 7) is 3.45. The molecule has 0 saturated carbocycles. The number of pyridine rings is 1. The fourth-order valence-electron chi connectivity index (χ4n) is 2.10. The molecule has 2 heterocycles. The maximum Gasteiger partial charge on any atom is 0.128 e. The van der Waals surface area contributed by atoms with E-state index in [4.69, 9.17) is 0 Å². The number of halogens is 1. The van der Waals surface area contributed by atoms with Crippen LogP contribution in [-0.2, 0) is 5.33 Å². The van der Waals surface area contributed by atoms with Crippen LogP contribution in [0.4, 0.5) is 5.82 Å². The Morgan fingerprint density at radius 3 is 2.93 bits per heavy atom. The minimum Gasteiger partial charge on any atom is -0.354 e. The highest BCUT2D eigenvalue weighted by Gasteiger charge is 2.18. The molecule has 15 heavy (non-hydrogen) atoms. The molecule has 2 nitrogen and oxygen atoms in total. The highest BCUT2D eigenvalue weighted by atomic mass is 79.9. The second-order valence-corrected chi connectivity index (χ2v) is 4.76. The Morgan fingerprint density at radius 2 is 2.33 bits per heavy atom. The molecule has 0 spiro atoms. The summed E-state index contributed by atoms with van der Waals surface area (Å²) in [5.74, 6) is 1.13. The molecule has 0 aliphatic carbocycles. The minimum atomic E-state index is 0.640. The van der Waals surface area contributed by atoms with E-state index in [1.807, 2.05) is 6.20 Å². The molecule has 82 valence electrons. The van der Waals surface area contributed by atoms with E-state index < -0.39 is 0 Å². The fraction of sp³-hybridized carbons (Fsp3) is 0.583. The lowest BCUT2D eigenvalue weighted by Crippen LogP contribution is -2.37. The van der Waals surface area contributed by atoms with E-state index in [0.29, 0.717) is 6.04 Å². The quantitative estimate of drug-likeness (QED) is 0.765. The van der Waals surface area contributed by atoms with Gasteiger partial charge in [-0.1, -0.05) is 22.0 Å². The summed E-state index contributed by atoms with van der Waals surface area (Å²) in [6, 6.07) is 4.93. The zero-order valence-corrected chi connectivity index (χ0v) is 10.7. The molecular weight excluding hydrogens is 252 g/mol. The van der Waals surface area contributed by atoms with Crippen LogP contribution in [0, 0.1) is 0 Å². The molecule has 1 aromatic heterocycles. The molecule has 0 N–H and O–H groups in total. The zero-order valence-electron chi connectivity index (χ0n) is 9.12. The van der Waals surface area contributed by atoms with E-state index in [1.54, 1.807) is 0 Å². The molecule has 3 heteroatoms. The summed E-state index contributed by atoms with van der Waals surface area (Å²) in [6.07, 6.45) is 5.91. The van der Waals surface area contributed by atoms with Crippen LogP contribution in [0.1, 0.15) is 31.7 Å². The average Bonchev–Trinajstić information content (AvgIpc) is 2.30. The highest BCUT2D eigenvalue weighted by molar-refractivity contribution is 9.08. The largest absolute Gasteiger partial charge is 0.354 e. The van der Waals surface area contributed by atoms with Crippen LogP contribution in [0.3, 0.4) is 0 Å². The van der Waals surface area contributed by atoms with Gasteiger partial charge in [-0.2, -0.15) is 0 Å². The van der Waals surface area contributed by atoms with Crippen LogP contribution in [0.5, 0.6) is 0 Å². The lowest BCUT2D eigenvalue weighted by atomic mass is 10.0. The van der Waals surface area contributed by atoms with E-state index in [9.17, 15) is 0 Å². The first-order chi connectivity index (χ1) is 7.31. The van der Waals surface area contributed by atoms with Crippen molar-refractivity contribution in [2.45, 2.75) is 37.6 Å². The van der Waals surface area contributed by atoms with Crippen molar-refractivity contribution < 1.29 is 0 Å². The number of anilines is 1. The van der Waals surface area contributed by atoms with E-state index >= 15 is 0 Å². The maximum absolute atomic E-state index is 4.52. The number of alkyl halides is 1. The third-order valence-electron chi connectivity index (χ3n) is 3.06. The monoisotopic (exact) mass is 268 g/mol. The number of rotatable bonds is 2. The van der Waals surface area contributed by atoms with E-state index in [0.717, 1.165) is 17.7 Å². The van der Waals surface area contributed by atoms with Gasteiger partial charge in [0.2, 0.25) is 0 Å². The van der Waals surface area contributed by atoms with Gasteiger partial charge in [-0.05, 0) is 37.8 Å². The Morgan fingerprint density at radius 1 is 1.47 bits per heavy atom. The molecule has 1 unspecified atom stereocenters. The van der Waals surface area contributed by atoms with Crippen molar-refractivity contribution in [3.05, 3.63) is 23.9 Å². The topological polar surface area (TPSA) is 16.1 Å². The lowest BCUT2D eigenvalue weighted by Gasteiger charge is -2.34. The SMILES string of the molecule is CC1CCCCN1c1ccc(CBr)cn1. The second-order valence-electron chi connectivity index (χ2n) is 4.20. The Kier molecular flexibility index (Phi) is 3.62. The Labute approximate surface area is 99.8 Å². The van der Waals surface area contributed by atoms with Crippen molar-refractivity contribution in [2.24, 2.45) is 0 Å². The average molecular weight is 269 g/mol. The van der Waals surface area contributed by atoms with Crippen molar-refractivity contribution in [3.63, 3.8) is 0 Å². The zero-order chi connectivity index (χ0) is 10.7. The van der Waals surface area contributed by atoms with Crippen LogP contribution in [0.25, 0.3) is 0 Å². The van der Waals surface area contributed by atoms with Gasteiger partial charge in [-0.3, -0.25) is 0 Å². The van der Waals surface area contributed by atoms with Crippen LogP contribution in [-0.4, -0.2) is 17.6 Å². The number of nitrogens with zero attached hydrogens (tertiary/aromatic N) is 2. The van der Waals surface area contributed by atoms with Gasteiger partial charge in [0.15, 0.2) is 0 Å². The molecule has 0 aromatic carbocycles. The summed E-state index contributed by atoms with van der Waals surface area (Å²) in [5.41, 5.74) is 1.24. The van der Waals surface area contributed by atoms with Gasteiger partial charge in [-0.15, -0.1) is 0 Å². The third kappa shape index (κ3) is 2.51. The minimum absolute atomic E-state index is 0.640. The maximum atomic E-state index is 4.52. The molecule has 1 aliphatic heterocycles. The molecule has 1 aromatic rings. The van der Waals surface area contributed by atoms with E-state index in [1.165, 1.54) is 24.8 Å². The smallest absolute Gasteiger partial charge is 0.128 e. The van der Waals surface area contributed by atoms with Crippen molar-refractivity contribution in [3.8, 4) is 0 Å². The number of aromatic nitrogens is 1. The molecule has 1 fully saturated rings. The normalized spacial score (nSPS) is 21.7. The second kappa shape index (κ2) is 4.97. The van der Waals surface area contributed by atoms with Crippen molar-refractivity contribution in [1.29, 1.82) is 0 Å². The van der Waals surface area contributed by atoms with Crippen LogP contribution < -0.4 is 4.90 Å². The molecule has 0 amide bonds. The molecule has 1 aliphatic rings. The highest BCUT2D eigenvalue weighted by Crippen LogP contribution is 2.22.